The number of ether oxygens (including phenoxy) is 1. The molecule has 1 aromatic carbocycles. The molecule has 0 radical (unpaired) electrons. The van der Waals surface area contributed by atoms with Crippen LogP contribution in [-0.2, 0) is 0 Å². The summed E-state index contributed by atoms with van der Waals surface area (Å²) in [6, 6.07) is 4.85. The highest BCUT2D eigenvalue weighted by molar-refractivity contribution is 5.89. The normalized spacial score (nSPS) is 10.0. The summed E-state index contributed by atoms with van der Waals surface area (Å²) in [5.74, 6) is -0.233. The SMILES string of the molecule is C=C(C)c1cc(C(=O)O)ccc1OCCCC. The maximum atomic E-state index is 10.9. The largest absolute Gasteiger partial charge is 0.493 e. The average Bonchev–Trinajstić information content (AvgIpc) is 2.29. The van der Waals surface area contributed by atoms with E-state index in [9.17, 15) is 4.79 Å². The quantitative estimate of drug-likeness (QED) is 0.765. The molecule has 1 N–H and O–H groups in total. The molecule has 92 valence electrons. The van der Waals surface area contributed by atoms with Gasteiger partial charge in [0.1, 0.15) is 5.75 Å². The minimum Gasteiger partial charge on any atom is -0.493 e. The summed E-state index contributed by atoms with van der Waals surface area (Å²) < 4.78 is 5.62. The van der Waals surface area contributed by atoms with Crippen molar-refractivity contribution in [3.05, 3.63) is 35.9 Å². The zero-order valence-corrected chi connectivity index (χ0v) is 10.3. The molecular formula is C14H18O3. The van der Waals surface area contributed by atoms with E-state index in [1.807, 2.05) is 6.92 Å². The highest BCUT2D eigenvalue weighted by atomic mass is 16.5. The first kappa shape index (κ1) is 13.3. The third-order valence-corrected chi connectivity index (χ3v) is 2.44. The fraction of sp³-hybridized carbons (Fsp3) is 0.357. The molecule has 1 rings (SSSR count). The van der Waals surface area contributed by atoms with Crippen LogP contribution in [0.3, 0.4) is 0 Å². The fourth-order valence-electron chi connectivity index (χ4n) is 1.45. The second kappa shape index (κ2) is 6.09. The predicted octanol–water partition coefficient (Wildman–Crippen LogP) is 3.60. The molecule has 3 nitrogen and oxygen atoms in total. The van der Waals surface area contributed by atoms with Crippen LogP contribution in [0.5, 0.6) is 5.75 Å². The van der Waals surface area contributed by atoms with Crippen molar-refractivity contribution in [1.29, 1.82) is 0 Å². The second-order valence-corrected chi connectivity index (χ2v) is 4.00. The van der Waals surface area contributed by atoms with Gasteiger partial charge < -0.3 is 9.84 Å². The molecular weight excluding hydrogens is 216 g/mol. The van der Waals surface area contributed by atoms with Gasteiger partial charge in [-0.05, 0) is 37.1 Å². The zero-order valence-electron chi connectivity index (χ0n) is 10.3. The van der Waals surface area contributed by atoms with Gasteiger partial charge in [0, 0.05) is 5.56 Å². The summed E-state index contributed by atoms with van der Waals surface area (Å²) in [4.78, 5) is 10.9. The molecule has 0 fully saturated rings. The van der Waals surface area contributed by atoms with Crippen LogP contribution >= 0.6 is 0 Å². The molecule has 3 heteroatoms. The van der Waals surface area contributed by atoms with Crippen molar-refractivity contribution < 1.29 is 14.6 Å². The Hall–Kier alpha value is -1.77. The third-order valence-electron chi connectivity index (χ3n) is 2.44. The van der Waals surface area contributed by atoms with Crippen molar-refractivity contribution in [2.75, 3.05) is 6.61 Å². The first-order chi connectivity index (χ1) is 8.06. The van der Waals surface area contributed by atoms with Crippen molar-refractivity contribution in [2.24, 2.45) is 0 Å². The number of carboxylic acid groups (broad SMARTS) is 1. The van der Waals surface area contributed by atoms with Crippen LogP contribution in [-0.4, -0.2) is 17.7 Å². The van der Waals surface area contributed by atoms with E-state index in [4.69, 9.17) is 9.84 Å². The molecule has 0 unspecified atom stereocenters. The second-order valence-electron chi connectivity index (χ2n) is 4.00. The average molecular weight is 234 g/mol. The molecule has 0 aromatic heterocycles. The summed E-state index contributed by atoms with van der Waals surface area (Å²) in [6.07, 6.45) is 2.05. The maximum Gasteiger partial charge on any atom is 0.335 e. The van der Waals surface area contributed by atoms with E-state index in [0.29, 0.717) is 12.4 Å². The summed E-state index contributed by atoms with van der Waals surface area (Å²) in [5.41, 5.74) is 1.83. The zero-order chi connectivity index (χ0) is 12.8. The molecule has 1 aromatic rings. The van der Waals surface area contributed by atoms with Crippen LogP contribution in [0.25, 0.3) is 5.57 Å². The van der Waals surface area contributed by atoms with Gasteiger partial charge in [-0.1, -0.05) is 19.9 Å². The number of rotatable bonds is 6. The molecule has 0 saturated carbocycles. The predicted molar refractivity (Wildman–Crippen MR) is 68.5 cm³/mol. The number of carboxylic acids is 1. The number of unbranched alkanes of at least 4 members (excludes halogenated alkanes) is 1. The van der Waals surface area contributed by atoms with E-state index in [1.165, 1.54) is 0 Å². The number of hydrogen-bond acceptors (Lipinski definition) is 2. The molecule has 0 saturated heterocycles. The van der Waals surface area contributed by atoms with Crippen LogP contribution in [0.1, 0.15) is 42.6 Å². The molecule has 0 aliphatic rings. The van der Waals surface area contributed by atoms with Gasteiger partial charge >= 0.3 is 5.97 Å². The Morgan fingerprint density at radius 1 is 1.47 bits per heavy atom. The molecule has 0 bridgehead atoms. The highest BCUT2D eigenvalue weighted by Gasteiger charge is 2.09. The maximum absolute atomic E-state index is 10.9. The molecule has 0 amide bonds. The monoisotopic (exact) mass is 234 g/mol. The summed E-state index contributed by atoms with van der Waals surface area (Å²) in [6.45, 7) is 8.42. The molecule has 0 heterocycles. The number of benzene rings is 1. The standard InChI is InChI=1S/C14H18O3/c1-4-5-8-17-13-7-6-11(14(15)16)9-12(13)10(2)3/h6-7,9H,2,4-5,8H2,1,3H3,(H,15,16). The lowest BCUT2D eigenvalue weighted by Crippen LogP contribution is -2.02. The first-order valence-corrected chi connectivity index (χ1v) is 5.72. The Morgan fingerprint density at radius 2 is 2.18 bits per heavy atom. The number of carbonyl (C=O) groups is 1. The molecule has 0 atom stereocenters. The fourth-order valence-corrected chi connectivity index (χ4v) is 1.45. The smallest absolute Gasteiger partial charge is 0.335 e. The van der Waals surface area contributed by atoms with Crippen molar-refractivity contribution >= 4 is 11.5 Å². The third kappa shape index (κ3) is 3.63. The molecule has 17 heavy (non-hydrogen) atoms. The first-order valence-electron chi connectivity index (χ1n) is 5.72. The Balaban J connectivity index is 2.96. The van der Waals surface area contributed by atoms with E-state index >= 15 is 0 Å². The van der Waals surface area contributed by atoms with Crippen LogP contribution in [0.15, 0.2) is 24.8 Å². The minimum atomic E-state index is -0.937. The Kier molecular flexibility index (Phi) is 4.76. The molecule has 0 spiro atoms. The van der Waals surface area contributed by atoms with Crippen molar-refractivity contribution in [1.82, 2.24) is 0 Å². The minimum absolute atomic E-state index is 0.255. The Labute approximate surface area is 102 Å². The number of hydrogen-bond donors (Lipinski definition) is 1. The van der Waals surface area contributed by atoms with Crippen LogP contribution in [0.2, 0.25) is 0 Å². The van der Waals surface area contributed by atoms with Gasteiger partial charge in [-0.3, -0.25) is 0 Å². The van der Waals surface area contributed by atoms with Gasteiger partial charge in [-0.25, -0.2) is 4.79 Å². The van der Waals surface area contributed by atoms with E-state index in [2.05, 4.69) is 13.5 Å². The lowest BCUT2D eigenvalue weighted by Gasteiger charge is -2.11. The summed E-state index contributed by atoms with van der Waals surface area (Å²) in [7, 11) is 0. The lowest BCUT2D eigenvalue weighted by atomic mass is 10.0. The number of allylic oxidation sites excluding steroid dienone is 1. The van der Waals surface area contributed by atoms with Crippen molar-refractivity contribution in [3.8, 4) is 5.75 Å². The van der Waals surface area contributed by atoms with E-state index < -0.39 is 5.97 Å². The van der Waals surface area contributed by atoms with Crippen LogP contribution in [0, 0.1) is 0 Å². The number of aromatic carboxylic acids is 1. The van der Waals surface area contributed by atoms with Gasteiger partial charge in [0.05, 0.1) is 12.2 Å². The van der Waals surface area contributed by atoms with Gasteiger partial charge in [-0.2, -0.15) is 0 Å². The van der Waals surface area contributed by atoms with Crippen LogP contribution in [0.4, 0.5) is 0 Å². The summed E-state index contributed by atoms with van der Waals surface area (Å²) >= 11 is 0. The van der Waals surface area contributed by atoms with Gasteiger partial charge in [-0.15, -0.1) is 0 Å². The van der Waals surface area contributed by atoms with E-state index in [0.717, 1.165) is 24.0 Å². The molecule has 0 aliphatic heterocycles. The van der Waals surface area contributed by atoms with Crippen molar-refractivity contribution in [2.45, 2.75) is 26.7 Å². The van der Waals surface area contributed by atoms with E-state index in [-0.39, 0.29) is 5.56 Å². The lowest BCUT2D eigenvalue weighted by molar-refractivity contribution is 0.0697. The Bertz CT molecular complexity index is 421. The van der Waals surface area contributed by atoms with Gasteiger partial charge in [0.2, 0.25) is 0 Å². The van der Waals surface area contributed by atoms with Gasteiger partial charge in [0.25, 0.3) is 0 Å². The summed E-state index contributed by atoms with van der Waals surface area (Å²) in [5, 5.41) is 8.93. The van der Waals surface area contributed by atoms with Gasteiger partial charge in [0.15, 0.2) is 0 Å². The molecule has 0 aliphatic carbocycles. The highest BCUT2D eigenvalue weighted by Crippen LogP contribution is 2.26. The topological polar surface area (TPSA) is 46.5 Å². The van der Waals surface area contributed by atoms with E-state index in [1.54, 1.807) is 18.2 Å². The van der Waals surface area contributed by atoms with Crippen molar-refractivity contribution in [3.63, 3.8) is 0 Å². The Morgan fingerprint density at radius 3 is 2.71 bits per heavy atom. The van der Waals surface area contributed by atoms with Crippen LogP contribution < -0.4 is 4.74 Å².